The van der Waals surface area contributed by atoms with E-state index >= 15 is 0 Å². The minimum atomic E-state index is -3.48. The van der Waals surface area contributed by atoms with Crippen LogP contribution in [0, 0.1) is 13.8 Å². The molecule has 2 fully saturated rings. The summed E-state index contributed by atoms with van der Waals surface area (Å²) in [5.74, 6) is 0. The second-order valence-corrected chi connectivity index (χ2v) is 8.27. The number of likely N-dealkylation sites (N-methyl/N-ethyl adjacent to an activating group) is 1. The summed E-state index contributed by atoms with van der Waals surface area (Å²) < 4.78 is 33.7. The molecule has 2 saturated heterocycles. The van der Waals surface area contributed by atoms with Crippen LogP contribution in [0.2, 0.25) is 0 Å². The lowest BCUT2D eigenvalue weighted by atomic mass is 10.0. The smallest absolute Gasteiger partial charge is 0.243 e. The molecule has 5 nitrogen and oxygen atoms in total. The van der Waals surface area contributed by atoms with Crippen LogP contribution in [0.1, 0.15) is 17.5 Å². The van der Waals surface area contributed by atoms with Crippen LogP contribution >= 0.6 is 0 Å². The zero-order valence-corrected chi connectivity index (χ0v) is 14.3. The number of morpholine rings is 1. The third kappa shape index (κ3) is 2.80. The van der Waals surface area contributed by atoms with Crippen LogP contribution in [0.25, 0.3) is 0 Å². The zero-order chi connectivity index (χ0) is 15.9. The van der Waals surface area contributed by atoms with Gasteiger partial charge in [-0.2, -0.15) is 4.31 Å². The molecular formula is C16H24N2O3S. The van der Waals surface area contributed by atoms with E-state index in [9.17, 15) is 8.42 Å². The fourth-order valence-electron chi connectivity index (χ4n) is 3.51. The van der Waals surface area contributed by atoms with Crippen molar-refractivity contribution in [2.24, 2.45) is 0 Å². The van der Waals surface area contributed by atoms with Crippen molar-refractivity contribution in [3.63, 3.8) is 0 Å². The van der Waals surface area contributed by atoms with Gasteiger partial charge in [0.1, 0.15) is 0 Å². The number of nitrogens with zero attached hydrogens (tertiary/aromatic N) is 2. The molecule has 2 heterocycles. The first-order valence-corrected chi connectivity index (χ1v) is 9.23. The fourth-order valence-corrected chi connectivity index (χ4v) is 5.34. The lowest BCUT2D eigenvalue weighted by Gasteiger charge is -2.45. The largest absolute Gasteiger partial charge is 0.375 e. The van der Waals surface area contributed by atoms with Crippen LogP contribution in [0.15, 0.2) is 23.1 Å². The maximum absolute atomic E-state index is 13.1. The highest BCUT2D eigenvalue weighted by Gasteiger charge is 2.42. The molecule has 0 aromatic heterocycles. The van der Waals surface area contributed by atoms with Crippen molar-refractivity contribution in [2.75, 3.05) is 33.3 Å². The maximum atomic E-state index is 13.1. The van der Waals surface area contributed by atoms with E-state index in [1.54, 1.807) is 10.4 Å². The van der Waals surface area contributed by atoms with E-state index in [2.05, 4.69) is 4.90 Å². The van der Waals surface area contributed by atoms with Gasteiger partial charge in [0.05, 0.1) is 23.6 Å². The molecule has 0 N–H and O–H groups in total. The van der Waals surface area contributed by atoms with Gasteiger partial charge in [-0.15, -0.1) is 0 Å². The predicted octanol–water partition coefficient (Wildman–Crippen LogP) is 1.40. The number of likely N-dealkylation sites (tertiary alicyclic amines) is 1. The maximum Gasteiger partial charge on any atom is 0.243 e. The van der Waals surface area contributed by atoms with Crippen LogP contribution in [0.4, 0.5) is 0 Å². The van der Waals surface area contributed by atoms with Crippen LogP contribution in [0.5, 0.6) is 0 Å². The Morgan fingerprint density at radius 3 is 2.73 bits per heavy atom. The summed E-state index contributed by atoms with van der Waals surface area (Å²) in [6, 6.07) is 5.44. The Kier molecular flexibility index (Phi) is 4.29. The molecule has 0 amide bonds. The highest BCUT2D eigenvalue weighted by molar-refractivity contribution is 7.89. The van der Waals surface area contributed by atoms with Gasteiger partial charge in [0.2, 0.25) is 10.0 Å². The number of hydrogen-bond donors (Lipinski definition) is 0. The standard InChI is InChI=1S/C16H24N2O3S/c1-12-4-5-16(13(2)10-12)22(19,20)18-8-9-21-15-6-7-17(3)11-14(15)18/h4-5,10,14-15H,6-9,11H2,1-3H3/t14-,15-/m1/s1. The van der Waals surface area contributed by atoms with Gasteiger partial charge in [0, 0.05) is 19.6 Å². The molecule has 6 heteroatoms. The van der Waals surface area contributed by atoms with E-state index in [1.807, 2.05) is 33.0 Å². The van der Waals surface area contributed by atoms with Crippen molar-refractivity contribution in [1.29, 1.82) is 0 Å². The van der Waals surface area contributed by atoms with Gasteiger partial charge in [-0.25, -0.2) is 8.42 Å². The SMILES string of the molecule is Cc1ccc(S(=O)(=O)N2CCO[C@@H]3CCN(C)C[C@H]32)c(C)c1. The highest BCUT2D eigenvalue weighted by atomic mass is 32.2. The van der Waals surface area contributed by atoms with Crippen LogP contribution in [0.3, 0.4) is 0 Å². The molecule has 2 aliphatic rings. The number of aryl methyl sites for hydroxylation is 2. The Balaban J connectivity index is 1.96. The minimum Gasteiger partial charge on any atom is -0.375 e. The predicted molar refractivity (Wildman–Crippen MR) is 85.4 cm³/mol. The van der Waals surface area contributed by atoms with Crippen molar-refractivity contribution in [3.8, 4) is 0 Å². The molecule has 0 spiro atoms. The lowest BCUT2D eigenvalue weighted by Crippen LogP contribution is -2.60. The molecule has 2 aliphatic heterocycles. The molecule has 3 rings (SSSR count). The van der Waals surface area contributed by atoms with Gasteiger partial charge in [0.25, 0.3) is 0 Å². The van der Waals surface area contributed by atoms with Crippen LogP contribution in [-0.4, -0.2) is 63.1 Å². The summed E-state index contributed by atoms with van der Waals surface area (Å²) in [5.41, 5.74) is 1.89. The lowest BCUT2D eigenvalue weighted by molar-refractivity contribution is -0.0719. The molecular weight excluding hydrogens is 300 g/mol. The Hall–Kier alpha value is -0.950. The molecule has 22 heavy (non-hydrogen) atoms. The first kappa shape index (κ1) is 15.9. The second-order valence-electron chi connectivity index (χ2n) is 6.41. The Bertz CT molecular complexity index is 659. The van der Waals surface area contributed by atoms with Gasteiger partial charge in [-0.05, 0) is 38.9 Å². The fraction of sp³-hybridized carbons (Fsp3) is 0.625. The van der Waals surface area contributed by atoms with Crippen molar-refractivity contribution in [3.05, 3.63) is 29.3 Å². The first-order chi connectivity index (χ1) is 10.4. The molecule has 0 unspecified atom stereocenters. The van der Waals surface area contributed by atoms with Crippen molar-refractivity contribution >= 4 is 10.0 Å². The average Bonchev–Trinajstić information content (AvgIpc) is 2.46. The molecule has 0 aliphatic carbocycles. The van der Waals surface area contributed by atoms with Crippen molar-refractivity contribution in [1.82, 2.24) is 9.21 Å². The average molecular weight is 324 g/mol. The zero-order valence-electron chi connectivity index (χ0n) is 13.4. The molecule has 2 atom stereocenters. The summed E-state index contributed by atoms with van der Waals surface area (Å²) >= 11 is 0. The topological polar surface area (TPSA) is 49.9 Å². The number of benzene rings is 1. The molecule has 1 aromatic rings. The Labute approximate surface area is 132 Å². The number of piperidine rings is 1. The number of ether oxygens (including phenoxy) is 1. The van der Waals surface area contributed by atoms with E-state index in [4.69, 9.17) is 4.74 Å². The van der Waals surface area contributed by atoms with E-state index in [0.717, 1.165) is 30.6 Å². The van der Waals surface area contributed by atoms with Gasteiger partial charge >= 0.3 is 0 Å². The highest BCUT2D eigenvalue weighted by Crippen LogP contribution is 2.29. The van der Waals surface area contributed by atoms with E-state index in [1.165, 1.54) is 0 Å². The summed E-state index contributed by atoms with van der Waals surface area (Å²) in [6.45, 7) is 6.45. The van der Waals surface area contributed by atoms with Gasteiger partial charge in [0.15, 0.2) is 0 Å². The number of sulfonamides is 1. The minimum absolute atomic E-state index is 0.0190. The molecule has 122 valence electrons. The van der Waals surface area contributed by atoms with Crippen molar-refractivity contribution < 1.29 is 13.2 Å². The molecule has 0 bridgehead atoms. The normalized spacial score (nSPS) is 27.6. The second kappa shape index (κ2) is 5.92. The summed E-state index contributed by atoms with van der Waals surface area (Å²) in [4.78, 5) is 2.60. The summed E-state index contributed by atoms with van der Waals surface area (Å²) in [5, 5.41) is 0. The third-order valence-electron chi connectivity index (χ3n) is 4.65. The molecule has 0 radical (unpaired) electrons. The van der Waals surface area contributed by atoms with E-state index in [0.29, 0.717) is 18.0 Å². The number of rotatable bonds is 2. The van der Waals surface area contributed by atoms with E-state index < -0.39 is 10.0 Å². The Morgan fingerprint density at radius 2 is 2.00 bits per heavy atom. The van der Waals surface area contributed by atoms with Gasteiger partial charge in [-0.1, -0.05) is 17.7 Å². The van der Waals surface area contributed by atoms with E-state index in [-0.39, 0.29) is 12.1 Å². The van der Waals surface area contributed by atoms with Gasteiger partial charge < -0.3 is 9.64 Å². The molecule has 0 saturated carbocycles. The van der Waals surface area contributed by atoms with Crippen LogP contribution < -0.4 is 0 Å². The molecule has 1 aromatic carbocycles. The first-order valence-electron chi connectivity index (χ1n) is 7.79. The monoisotopic (exact) mass is 324 g/mol. The van der Waals surface area contributed by atoms with Gasteiger partial charge in [-0.3, -0.25) is 0 Å². The summed E-state index contributed by atoms with van der Waals surface area (Å²) in [6.07, 6.45) is 0.908. The number of fused-ring (bicyclic) bond motifs is 1. The number of hydrogen-bond acceptors (Lipinski definition) is 4. The van der Waals surface area contributed by atoms with Crippen LogP contribution in [-0.2, 0) is 14.8 Å². The third-order valence-corrected chi connectivity index (χ3v) is 6.74. The Morgan fingerprint density at radius 1 is 1.23 bits per heavy atom. The quantitative estimate of drug-likeness (QED) is 0.825. The summed E-state index contributed by atoms with van der Waals surface area (Å²) in [7, 11) is -1.44. The van der Waals surface area contributed by atoms with Crippen molar-refractivity contribution in [2.45, 2.75) is 37.3 Å².